The summed E-state index contributed by atoms with van der Waals surface area (Å²) >= 11 is 0. The van der Waals surface area contributed by atoms with Gasteiger partial charge in [-0.15, -0.1) is 0 Å². The number of piperazine rings is 1. The van der Waals surface area contributed by atoms with E-state index in [1.165, 1.54) is 0 Å². The molecule has 1 saturated heterocycles. The molecule has 0 spiro atoms. The van der Waals surface area contributed by atoms with Gasteiger partial charge in [0.05, 0.1) is 22.1 Å². The van der Waals surface area contributed by atoms with Crippen molar-refractivity contribution >= 4 is 16.5 Å². The van der Waals surface area contributed by atoms with Gasteiger partial charge in [-0.3, -0.25) is 9.11 Å². The van der Waals surface area contributed by atoms with Crippen LogP contribution in [0.15, 0.2) is 59.5 Å². The van der Waals surface area contributed by atoms with Gasteiger partial charge in [0.2, 0.25) is 0 Å². The van der Waals surface area contributed by atoms with Crippen molar-refractivity contribution in [1.82, 2.24) is 4.90 Å². The van der Waals surface area contributed by atoms with Gasteiger partial charge in [0.15, 0.2) is 0 Å². The molecule has 5 heteroatoms. The predicted molar refractivity (Wildman–Crippen MR) is 97.5 cm³/mol. The highest BCUT2D eigenvalue weighted by molar-refractivity contribution is 7.85. The third-order valence-corrected chi connectivity index (χ3v) is 5.69. The monoisotopic (exact) mass is 339 g/mol. The molecular weight excluding hydrogens is 318 g/mol. The first-order valence-corrected chi connectivity index (χ1v) is 9.49. The van der Waals surface area contributed by atoms with Crippen LogP contribution in [0.1, 0.15) is 5.56 Å². The van der Waals surface area contributed by atoms with E-state index >= 15 is 0 Å². The Labute approximate surface area is 145 Å². The van der Waals surface area contributed by atoms with Gasteiger partial charge in [0.1, 0.15) is 6.07 Å². The van der Waals surface area contributed by atoms with Crippen LogP contribution in [-0.4, -0.2) is 47.6 Å². The zero-order chi connectivity index (χ0) is 16.8. The zero-order valence-corrected chi connectivity index (χ0v) is 14.4. The number of nitriles is 1. The molecular formula is C19H21N3OS. The topological polar surface area (TPSA) is 47.3 Å². The lowest BCUT2D eigenvalue weighted by atomic mass is 10.1. The Morgan fingerprint density at radius 3 is 2.33 bits per heavy atom. The van der Waals surface area contributed by atoms with E-state index in [0.29, 0.717) is 5.75 Å². The molecule has 1 atom stereocenters. The molecule has 0 N–H and O–H groups in total. The smallest absolute Gasteiger partial charge is 0.101 e. The fourth-order valence-electron chi connectivity index (χ4n) is 2.96. The Morgan fingerprint density at radius 1 is 0.958 bits per heavy atom. The van der Waals surface area contributed by atoms with Crippen molar-refractivity contribution < 1.29 is 4.21 Å². The molecule has 124 valence electrons. The van der Waals surface area contributed by atoms with Crippen LogP contribution in [0.2, 0.25) is 0 Å². The van der Waals surface area contributed by atoms with Crippen molar-refractivity contribution in [2.45, 2.75) is 4.90 Å². The van der Waals surface area contributed by atoms with Crippen LogP contribution in [0.5, 0.6) is 0 Å². The molecule has 1 unspecified atom stereocenters. The van der Waals surface area contributed by atoms with E-state index in [9.17, 15) is 9.47 Å². The molecule has 1 heterocycles. The number of benzene rings is 2. The number of hydrogen-bond acceptors (Lipinski definition) is 4. The van der Waals surface area contributed by atoms with Gasteiger partial charge in [0, 0.05) is 43.4 Å². The standard InChI is InChI=1S/C19H21N3OS/c20-16-17-6-4-5-9-19(17)22-12-10-21(11-13-22)14-15-24(23)18-7-2-1-3-8-18/h1-9H,10-15H2. The molecule has 3 rings (SSSR count). The summed E-state index contributed by atoms with van der Waals surface area (Å²) in [7, 11) is -0.933. The van der Waals surface area contributed by atoms with Crippen molar-refractivity contribution in [3.8, 4) is 6.07 Å². The van der Waals surface area contributed by atoms with Gasteiger partial charge in [-0.25, -0.2) is 0 Å². The molecule has 0 amide bonds. The summed E-state index contributed by atoms with van der Waals surface area (Å²) < 4.78 is 12.3. The predicted octanol–water partition coefficient (Wildman–Crippen LogP) is 2.49. The zero-order valence-electron chi connectivity index (χ0n) is 13.6. The maximum Gasteiger partial charge on any atom is 0.101 e. The number of anilines is 1. The Morgan fingerprint density at radius 2 is 1.62 bits per heavy atom. The Kier molecular flexibility index (Phi) is 5.63. The summed E-state index contributed by atoms with van der Waals surface area (Å²) in [5.74, 6) is 0.665. The summed E-state index contributed by atoms with van der Waals surface area (Å²) in [4.78, 5) is 5.52. The highest BCUT2D eigenvalue weighted by Crippen LogP contribution is 2.21. The first kappa shape index (κ1) is 16.7. The fraction of sp³-hybridized carbons (Fsp3) is 0.316. The van der Waals surface area contributed by atoms with Crippen molar-refractivity contribution in [2.75, 3.05) is 43.4 Å². The summed E-state index contributed by atoms with van der Waals surface area (Å²) in [6, 6.07) is 19.7. The normalized spacial score (nSPS) is 16.5. The van der Waals surface area contributed by atoms with Crippen LogP contribution < -0.4 is 4.90 Å². The lowest BCUT2D eigenvalue weighted by molar-refractivity contribution is 0.272. The lowest BCUT2D eigenvalue weighted by Gasteiger charge is -2.36. The molecule has 0 saturated carbocycles. The minimum absolute atomic E-state index is 0.665. The van der Waals surface area contributed by atoms with Gasteiger partial charge in [-0.2, -0.15) is 5.26 Å². The van der Waals surface area contributed by atoms with Crippen LogP contribution in [0.3, 0.4) is 0 Å². The van der Waals surface area contributed by atoms with E-state index in [-0.39, 0.29) is 0 Å². The maximum absolute atomic E-state index is 12.3. The molecule has 4 nitrogen and oxygen atoms in total. The number of rotatable bonds is 5. The number of hydrogen-bond donors (Lipinski definition) is 0. The van der Waals surface area contributed by atoms with Gasteiger partial charge in [-0.1, -0.05) is 30.3 Å². The SMILES string of the molecule is N#Cc1ccccc1N1CCN(CCS(=O)c2ccccc2)CC1. The van der Waals surface area contributed by atoms with Gasteiger partial charge < -0.3 is 4.90 Å². The highest BCUT2D eigenvalue weighted by Gasteiger charge is 2.19. The van der Waals surface area contributed by atoms with E-state index in [1.807, 2.05) is 54.6 Å². The van der Waals surface area contributed by atoms with Crippen molar-refractivity contribution in [3.05, 3.63) is 60.2 Å². The Balaban J connectivity index is 1.51. The third kappa shape index (κ3) is 4.02. The maximum atomic E-state index is 12.3. The van der Waals surface area contributed by atoms with E-state index in [4.69, 9.17) is 0 Å². The van der Waals surface area contributed by atoms with Crippen LogP contribution in [0, 0.1) is 11.3 Å². The quantitative estimate of drug-likeness (QED) is 0.840. The average molecular weight is 339 g/mol. The van der Waals surface area contributed by atoms with Crippen LogP contribution in [0.4, 0.5) is 5.69 Å². The summed E-state index contributed by atoms with van der Waals surface area (Å²) in [6.45, 7) is 4.51. The molecule has 0 aliphatic carbocycles. The largest absolute Gasteiger partial charge is 0.368 e. The van der Waals surface area contributed by atoms with E-state index in [0.717, 1.165) is 48.9 Å². The van der Waals surface area contributed by atoms with Crippen molar-refractivity contribution in [3.63, 3.8) is 0 Å². The minimum atomic E-state index is -0.933. The summed E-state index contributed by atoms with van der Waals surface area (Å²) in [5, 5.41) is 9.23. The Hall–Kier alpha value is -2.16. The minimum Gasteiger partial charge on any atom is -0.368 e. The van der Waals surface area contributed by atoms with Gasteiger partial charge >= 0.3 is 0 Å². The summed E-state index contributed by atoms with van der Waals surface area (Å²) in [5.41, 5.74) is 1.75. The van der Waals surface area contributed by atoms with Gasteiger partial charge in [-0.05, 0) is 24.3 Å². The van der Waals surface area contributed by atoms with Crippen LogP contribution >= 0.6 is 0 Å². The lowest BCUT2D eigenvalue weighted by Crippen LogP contribution is -2.47. The summed E-state index contributed by atoms with van der Waals surface area (Å²) in [6.07, 6.45) is 0. The number of nitrogens with zero attached hydrogens (tertiary/aromatic N) is 3. The molecule has 1 aliphatic heterocycles. The molecule has 0 aromatic heterocycles. The first-order chi connectivity index (χ1) is 11.8. The molecule has 0 bridgehead atoms. The number of para-hydroxylation sites is 1. The van der Waals surface area contributed by atoms with Crippen molar-refractivity contribution in [2.24, 2.45) is 0 Å². The molecule has 0 radical (unpaired) electrons. The molecule has 1 fully saturated rings. The molecule has 2 aromatic rings. The second-order valence-electron chi connectivity index (χ2n) is 5.82. The Bertz CT molecular complexity index is 734. The second kappa shape index (κ2) is 8.09. The van der Waals surface area contributed by atoms with Gasteiger partial charge in [0.25, 0.3) is 0 Å². The third-order valence-electron chi connectivity index (χ3n) is 4.34. The molecule has 1 aliphatic rings. The second-order valence-corrected chi connectivity index (χ2v) is 7.39. The average Bonchev–Trinajstić information content (AvgIpc) is 2.67. The fourth-order valence-corrected chi connectivity index (χ4v) is 4.08. The molecule has 24 heavy (non-hydrogen) atoms. The van der Waals surface area contributed by atoms with E-state index in [1.54, 1.807) is 0 Å². The van der Waals surface area contributed by atoms with Crippen LogP contribution in [0.25, 0.3) is 0 Å². The first-order valence-electron chi connectivity index (χ1n) is 8.18. The highest BCUT2D eigenvalue weighted by atomic mass is 32.2. The van der Waals surface area contributed by atoms with Crippen molar-refractivity contribution in [1.29, 1.82) is 5.26 Å². The molecule has 2 aromatic carbocycles. The van der Waals surface area contributed by atoms with E-state index < -0.39 is 10.8 Å². The van der Waals surface area contributed by atoms with Crippen LogP contribution in [-0.2, 0) is 10.8 Å². The van der Waals surface area contributed by atoms with E-state index in [2.05, 4.69) is 15.9 Å².